The SMILES string of the molecule is C[C@H](N[C@H](C)c1ccco1)C(=O)c1c[nH]c2ccccc12. The van der Waals surface area contributed by atoms with Gasteiger partial charge in [0, 0.05) is 22.7 Å². The van der Waals surface area contributed by atoms with Crippen LogP contribution in [0.2, 0.25) is 0 Å². The van der Waals surface area contributed by atoms with Gasteiger partial charge in [-0.05, 0) is 32.0 Å². The lowest BCUT2D eigenvalue weighted by molar-refractivity contribution is 0.0945. The van der Waals surface area contributed by atoms with Crippen molar-refractivity contribution >= 4 is 16.7 Å². The summed E-state index contributed by atoms with van der Waals surface area (Å²) >= 11 is 0. The Morgan fingerprint density at radius 3 is 2.76 bits per heavy atom. The van der Waals surface area contributed by atoms with Gasteiger partial charge < -0.3 is 9.40 Å². The molecule has 0 aliphatic rings. The number of carbonyl (C=O) groups is 1. The highest BCUT2D eigenvalue weighted by Gasteiger charge is 2.21. The summed E-state index contributed by atoms with van der Waals surface area (Å²) in [4.78, 5) is 15.7. The number of ketones is 1. The van der Waals surface area contributed by atoms with Crippen LogP contribution in [0.1, 0.15) is 36.0 Å². The highest BCUT2D eigenvalue weighted by atomic mass is 16.3. The Morgan fingerprint density at radius 2 is 2.00 bits per heavy atom. The number of hydrogen-bond acceptors (Lipinski definition) is 3. The molecule has 0 saturated heterocycles. The lowest BCUT2D eigenvalue weighted by atomic mass is 10.0. The number of rotatable bonds is 5. The van der Waals surface area contributed by atoms with Crippen LogP contribution in [-0.4, -0.2) is 16.8 Å². The molecule has 2 N–H and O–H groups in total. The molecule has 3 aromatic rings. The Bertz CT molecular complexity index is 743. The molecule has 0 aliphatic carbocycles. The van der Waals surface area contributed by atoms with Gasteiger partial charge in [-0.15, -0.1) is 0 Å². The maximum absolute atomic E-state index is 12.6. The molecule has 0 saturated carbocycles. The van der Waals surface area contributed by atoms with Gasteiger partial charge in [-0.25, -0.2) is 0 Å². The van der Waals surface area contributed by atoms with Crippen LogP contribution in [0.4, 0.5) is 0 Å². The van der Waals surface area contributed by atoms with Gasteiger partial charge in [-0.1, -0.05) is 18.2 Å². The van der Waals surface area contributed by atoms with Crippen LogP contribution < -0.4 is 5.32 Å². The fourth-order valence-corrected chi connectivity index (χ4v) is 2.58. The molecule has 4 nitrogen and oxygen atoms in total. The van der Waals surface area contributed by atoms with Gasteiger partial charge in [0.15, 0.2) is 5.78 Å². The molecule has 1 aromatic carbocycles. The molecule has 0 bridgehead atoms. The third-order valence-corrected chi connectivity index (χ3v) is 3.72. The van der Waals surface area contributed by atoms with Crippen LogP contribution in [0.15, 0.2) is 53.3 Å². The zero-order valence-corrected chi connectivity index (χ0v) is 12.1. The number of furan rings is 1. The molecule has 0 radical (unpaired) electrons. The van der Waals surface area contributed by atoms with E-state index in [4.69, 9.17) is 4.42 Å². The van der Waals surface area contributed by atoms with Crippen LogP contribution in [0.5, 0.6) is 0 Å². The number of Topliss-reactive ketones (excluding diaryl/α,β-unsaturated/α-hetero) is 1. The van der Waals surface area contributed by atoms with E-state index in [-0.39, 0.29) is 17.9 Å². The average Bonchev–Trinajstić information content (AvgIpc) is 3.15. The van der Waals surface area contributed by atoms with Gasteiger partial charge in [0.2, 0.25) is 0 Å². The van der Waals surface area contributed by atoms with Crippen molar-refractivity contribution in [2.45, 2.75) is 25.9 Å². The highest BCUT2D eigenvalue weighted by Crippen LogP contribution is 2.20. The van der Waals surface area contributed by atoms with Crippen molar-refractivity contribution in [1.82, 2.24) is 10.3 Å². The largest absolute Gasteiger partial charge is 0.468 e. The van der Waals surface area contributed by atoms with Gasteiger partial charge in [0.25, 0.3) is 0 Å². The van der Waals surface area contributed by atoms with Crippen molar-refractivity contribution in [2.75, 3.05) is 0 Å². The van der Waals surface area contributed by atoms with Crippen molar-refractivity contribution in [3.8, 4) is 0 Å². The Balaban J connectivity index is 1.78. The van der Waals surface area contributed by atoms with Crippen LogP contribution in [0, 0.1) is 0 Å². The summed E-state index contributed by atoms with van der Waals surface area (Å²) in [6, 6.07) is 11.3. The smallest absolute Gasteiger partial charge is 0.181 e. The van der Waals surface area contributed by atoms with Crippen molar-refractivity contribution in [1.29, 1.82) is 0 Å². The molecule has 21 heavy (non-hydrogen) atoms. The standard InChI is InChI=1S/C17H18N2O2/c1-11(16-8-5-9-21-16)19-12(2)17(20)14-10-18-15-7-4-3-6-13(14)15/h3-12,18-19H,1-2H3/t11-,12+/m1/s1. The molecule has 0 aliphatic heterocycles. The minimum atomic E-state index is -0.288. The predicted octanol–water partition coefficient (Wildman–Crippen LogP) is 3.68. The number of para-hydroxylation sites is 1. The maximum Gasteiger partial charge on any atom is 0.181 e. The topological polar surface area (TPSA) is 58.0 Å². The minimum Gasteiger partial charge on any atom is -0.468 e. The number of aromatic amines is 1. The van der Waals surface area contributed by atoms with Crippen molar-refractivity contribution in [3.05, 3.63) is 60.2 Å². The molecule has 0 spiro atoms. The van der Waals surface area contributed by atoms with E-state index in [1.54, 1.807) is 12.5 Å². The van der Waals surface area contributed by atoms with Crippen LogP contribution in [0.25, 0.3) is 10.9 Å². The fourth-order valence-electron chi connectivity index (χ4n) is 2.58. The van der Waals surface area contributed by atoms with E-state index in [0.717, 1.165) is 22.2 Å². The van der Waals surface area contributed by atoms with Gasteiger partial charge in [-0.3, -0.25) is 10.1 Å². The summed E-state index contributed by atoms with van der Waals surface area (Å²) in [5, 5.41) is 4.24. The first-order chi connectivity index (χ1) is 10.2. The second kappa shape index (κ2) is 5.58. The molecule has 3 rings (SSSR count). The van der Waals surface area contributed by atoms with Gasteiger partial charge >= 0.3 is 0 Å². The van der Waals surface area contributed by atoms with E-state index >= 15 is 0 Å². The second-order valence-electron chi connectivity index (χ2n) is 5.24. The molecule has 4 heteroatoms. The second-order valence-corrected chi connectivity index (χ2v) is 5.24. The predicted molar refractivity (Wildman–Crippen MR) is 82.3 cm³/mol. The summed E-state index contributed by atoms with van der Waals surface area (Å²) in [5.41, 5.74) is 1.70. The number of carbonyl (C=O) groups excluding carboxylic acids is 1. The summed E-state index contributed by atoms with van der Waals surface area (Å²) in [6.45, 7) is 3.86. The van der Waals surface area contributed by atoms with E-state index < -0.39 is 0 Å². The van der Waals surface area contributed by atoms with E-state index in [0.29, 0.717) is 0 Å². The van der Waals surface area contributed by atoms with Gasteiger partial charge in [0.1, 0.15) is 5.76 Å². The average molecular weight is 282 g/mol. The molecule has 2 heterocycles. The number of nitrogens with one attached hydrogen (secondary N) is 2. The van der Waals surface area contributed by atoms with Crippen molar-refractivity contribution in [3.63, 3.8) is 0 Å². The number of H-pyrrole nitrogens is 1. The van der Waals surface area contributed by atoms with Crippen LogP contribution in [0.3, 0.4) is 0 Å². The Morgan fingerprint density at radius 1 is 1.19 bits per heavy atom. The Labute approximate surface area is 123 Å². The monoisotopic (exact) mass is 282 g/mol. The summed E-state index contributed by atoms with van der Waals surface area (Å²) < 4.78 is 5.36. The number of hydrogen-bond donors (Lipinski definition) is 2. The van der Waals surface area contributed by atoms with Crippen LogP contribution >= 0.6 is 0 Å². The zero-order valence-electron chi connectivity index (χ0n) is 12.1. The first-order valence-electron chi connectivity index (χ1n) is 7.06. The molecule has 0 fully saturated rings. The van der Waals surface area contributed by atoms with Crippen molar-refractivity contribution < 1.29 is 9.21 Å². The van der Waals surface area contributed by atoms with E-state index in [2.05, 4.69) is 10.3 Å². The molecular weight excluding hydrogens is 264 g/mol. The van der Waals surface area contributed by atoms with E-state index in [1.807, 2.05) is 50.2 Å². The molecule has 2 aromatic heterocycles. The molecule has 0 amide bonds. The normalized spacial score (nSPS) is 14.2. The first-order valence-corrected chi connectivity index (χ1v) is 7.06. The molecule has 108 valence electrons. The molecule has 0 unspecified atom stereocenters. The number of fused-ring (bicyclic) bond motifs is 1. The lowest BCUT2D eigenvalue weighted by Crippen LogP contribution is -2.35. The first kappa shape index (κ1) is 13.6. The lowest BCUT2D eigenvalue weighted by Gasteiger charge is -2.17. The number of aromatic nitrogens is 1. The van der Waals surface area contributed by atoms with Crippen LogP contribution in [-0.2, 0) is 0 Å². The zero-order chi connectivity index (χ0) is 14.8. The van der Waals surface area contributed by atoms with Gasteiger partial charge in [-0.2, -0.15) is 0 Å². The quantitative estimate of drug-likeness (QED) is 0.702. The highest BCUT2D eigenvalue weighted by molar-refractivity contribution is 6.10. The Kier molecular flexibility index (Phi) is 3.62. The van der Waals surface area contributed by atoms with Crippen molar-refractivity contribution in [2.24, 2.45) is 0 Å². The third-order valence-electron chi connectivity index (χ3n) is 3.72. The maximum atomic E-state index is 12.6. The van der Waals surface area contributed by atoms with Gasteiger partial charge in [0.05, 0.1) is 18.3 Å². The summed E-state index contributed by atoms with van der Waals surface area (Å²) in [5.74, 6) is 0.902. The minimum absolute atomic E-state index is 0.0100. The molecular formula is C17H18N2O2. The Hall–Kier alpha value is -2.33. The number of benzene rings is 1. The molecule has 2 atom stereocenters. The fraction of sp³-hybridized carbons (Fsp3) is 0.235. The van der Waals surface area contributed by atoms with E-state index in [9.17, 15) is 4.79 Å². The third kappa shape index (κ3) is 2.62. The summed E-state index contributed by atoms with van der Waals surface area (Å²) in [6.07, 6.45) is 3.42. The summed E-state index contributed by atoms with van der Waals surface area (Å²) in [7, 11) is 0. The van der Waals surface area contributed by atoms with E-state index in [1.165, 1.54) is 0 Å².